The molecule has 5 nitrogen and oxygen atoms in total. The summed E-state index contributed by atoms with van der Waals surface area (Å²) in [5, 5.41) is 15.6. The summed E-state index contributed by atoms with van der Waals surface area (Å²) in [5.41, 5.74) is 1.21. The molecule has 1 aromatic carbocycles. The summed E-state index contributed by atoms with van der Waals surface area (Å²) in [5.74, 6) is 0.751. The van der Waals surface area contributed by atoms with Gasteiger partial charge in [-0.2, -0.15) is 0 Å². The Hall–Kier alpha value is -1.59. The topological polar surface area (TPSA) is 70.6 Å². The van der Waals surface area contributed by atoms with E-state index in [1.54, 1.807) is 0 Å². The molecule has 3 N–H and O–H groups in total. The largest absolute Gasteiger partial charge is 0.491 e. The fourth-order valence-electron chi connectivity index (χ4n) is 1.97. The van der Waals surface area contributed by atoms with Crippen LogP contribution >= 0.6 is 0 Å². The summed E-state index contributed by atoms with van der Waals surface area (Å²) in [6.45, 7) is 2.87. The Morgan fingerprint density at radius 2 is 2.29 bits per heavy atom. The summed E-state index contributed by atoms with van der Waals surface area (Å²) in [7, 11) is 0. The lowest BCUT2D eigenvalue weighted by Gasteiger charge is -2.13. The molecule has 1 atom stereocenters. The fourth-order valence-corrected chi connectivity index (χ4v) is 1.97. The first-order chi connectivity index (χ1) is 10.2. The molecule has 5 heteroatoms. The second-order valence-corrected chi connectivity index (χ2v) is 5.44. The first-order valence-corrected chi connectivity index (χ1v) is 7.57. The maximum absolute atomic E-state index is 11.4. The zero-order valence-corrected chi connectivity index (χ0v) is 12.5. The van der Waals surface area contributed by atoms with Gasteiger partial charge < -0.3 is 20.5 Å². The highest BCUT2D eigenvalue weighted by Crippen LogP contribution is 2.18. The Morgan fingerprint density at radius 3 is 3.00 bits per heavy atom. The van der Waals surface area contributed by atoms with E-state index in [1.165, 1.54) is 5.56 Å². The van der Waals surface area contributed by atoms with Crippen molar-refractivity contribution in [1.82, 2.24) is 10.6 Å². The molecule has 116 valence electrons. The van der Waals surface area contributed by atoms with Crippen LogP contribution in [0.5, 0.6) is 5.75 Å². The summed E-state index contributed by atoms with van der Waals surface area (Å²) in [4.78, 5) is 11.4. The normalized spacial score (nSPS) is 15.5. The Bertz CT molecular complexity index is 461. The monoisotopic (exact) mass is 292 g/mol. The predicted octanol–water partition coefficient (Wildman–Crippen LogP) is 0.857. The quantitative estimate of drug-likeness (QED) is 0.631. The number of amides is 1. The van der Waals surface area contributed by atoms with Gasteiger partial charge in [0.15, 0.2) is 0 Å². The molecule has 0 saturated heterocycles. The minimum atomic E-state index is -0.635. The van der Waals surface area contributed by atoms with Crippen LogP contribution in [-0.2, 0) is 11.2 Å². The third-order valence-electron chi connectivity index (χ3n) is 3.36. The molecule has 0 heterocycles. The van der Waals surface area contributed by atoms with Crippen LogP contribution in [0, 0.1) is 0 Å². The highest BCUT2D eigenvalue weighted by Gasteiger charge is 2.22. The first-order valence-electron chi connectivity index (χ1n) is 7.57. The van der Waals surface area contributed by atoms with Crippen LogP contribution in [0.1, 0.15) is 25.3 Å². The smallest absolute Gasteiger partial charge is 0.234 e. The number of aliphatic hydroxyl groups is 1. The second kappa shape index (κ2) is 8.00. The van der Waals surface area contributed by atoms with E-state index >= 15 is 0 Å². The number of nitrogens with one attached hydrogen (secondary N) is 2. The number of hydrogen-bond donors (Lipinski definition) is 3. The van der Waals surface area contributed by atoms with Gasteiger partial charge in [0, 0.05) is 12.6 Å². The molecule has 1 aliphatic rings. The SMILES string of the molecule is CCc1cccc(OCC(O)CNCC(=O)NC2CC2)c1. The minimum absolute atomic E-state index is 0.0127. The van der Waals surface area contributed by atoms with Crippen LogP contribution in [0.2, 0.25) is 0 Å². The Kier molecular flexibility index (Phi) is 6.02. The average Bonchev–Trinajstić information content (AvgIpc) is 3.29. The molecule has 0 aliphatic heterocycles. The molecule has 1 unspecified atom stereocenters. The molecule has 1 aliphatic carbocycles. The van der Waals surface area contributed by atoms with Gasteiger partial charge in [-0.05, 0) is 37.0 Å². The number of hydrogen-bond acceptors (Lipinski definition) is 4. The summed E-state index contributed by atoms with van der Waals surface area (Å²) in [6, 6.07) is 8.22. The molecule has 0 spiro atoms. The Labute approximate surface area is 125 Å². The summed E-state index contributed by atoms with van der Waals surface area (Å²) < 4.78 is 5.55. The van der Waals surface area contributed by atoms with E-state index in [0.29, 0.717) is 12.6 Å². The van der Waals surface area contributed by atoms with Crippen molar-refractivity contribution in [1.29, 1.82) is 0 Å². The van der Waals surface area contributed by atoms with Gasteiger partial charge in [-0.25, -0.2) is 0 Å². The number of aryl methyl sites for hydroxylation is 1. The van der Waals surface area contributed by atoms with E-state index < -0.39 is 6.10 Å². The molecule has 21 heavy (non-hydrogen) atoms. The third kappa shape index (κ3) is 6.14. The van der Waals surface area contributed by atoms with Gasteiger partial charge in [0.25, 0.3) is 0 Å². The van der Waals surface area contributed by atoms with Gasteiger partial charge in [-0.1, -0.05) is 19.1 Å². The average molecular weight is 292 g/mol. The van der Waals surface area contributed by atoms with Crippen molar-refractivity contribution in [3.05, 3.63) is 29.8 Å². The van der Waals surface area contributed by atoms with Crippen molar-refractivity contribution in [2.75, 3.05) is 19.7 Å². The first kappa shape index (κ1) is 15.8. The third-order valence-corrected chi connectivity index (χ3v) is 3.36. The van der Waals surface area contributed by atoms with Crippen LogP contribution < -0.4 is 15.4 Å². The highest BCUT2D eigenvalue weighted by atomic mass is 16.5. The van der Waals surface area contributed by atoms with E-state index in [4.69, 9.17) is 4.74 Å². The number of carbonyl (C=O) groups is 1. The highest BCUT2D eigenvalue weighted by molar-refractivity contribution is 5.78. The molecule has 1 fully saturated rings. The van der Waals surface area contributed by atoms with Gasteiger partial charge in [0.2, 0.25) is 5.91 Å². The maximum atomic E-state index is 11.4. The zero-order valence-electron chi connectivity index (χ0n) is 12.5. The van der Waals surface area contributed by atoms with Gasteiger partial charge in [-0.3, -0.25) is 4.79 Å². The molecule has 1 saturated carbocycles. The predicted molar refractivity (Wildman–Crippen MR) is 81.4 cm³/mol. The van der Waals surface area contributed by atoms with Crippen LogP contribution in [0.3, 0.4) is 0 Å². The second-order valence-electron chi connectivity index (χ2n) is 5.44. The van der Waals surface area contributed by atoms with Crippen molar-refractivity contribution in [3.63, 3.8) is 0 Å². The maximum Gasteiger partial charge on any atom is 0.234 e. The van der Waals surface area contributed by atoms with E-state index in [9.17, 15) is 9.90 Å². The molecule has 2 rings (SSSR count). The Balaban J connectivity index is 1.60. The lowest BCUT2D eigenvalue weighted by atomic mass is 10.2. The minimum Gasteiger partial charge on any atom is -0.491 e. The van der Waals surface area contributed by atoms with Crippen molar-refractivity contribution in [2.24, 2.45) is 0 Å². The van der Waals surface area contributed by atoms with E-state index in [1.807, 2.05) is 24.3 Å². The molecule has 0 bridgehead atoms. The van der Waals surface area contributed by atoms with Crippen LogP contribution in [0.4, 0.5) is 0 Å². The molecular formula is C16H24N2O3. The number of ether oxygens (including phenoxy) is 1. The fraction of sp³-hybridized carbons (Fsp3) is 0.562. The molecule has 0 radical (unpaired) electrons. The van der Waals surface area contributed by atoms with Crippen molar-refractivity contribution < 1.29 is 14.6 Å². The van der Waals surface area contributed by atoms with Crippen molar-refractivity contribution in [3.8, 4) is 5.75 Å². The van der Waals surface area contributed by atoms with Gasteiger partial charge in [-0.15, -0.1) is 0 Å². The number of rotatable bonds is 9. The van der Waals surface area contributed by atoms with E-state index in [2.05, 4.69) is 17.6 Å². The molecular weight excluding hydrogens is 268 g/mol. The van der Waals surface area contributed by atoms with Crippen LogP contribution in [0.15, 0.2) is 24.3 Å². The van der Waals surface area contributed by atoms with E-state index in [-0.39, 0.29) is 19.1 Å². The Morgan fingerprint density at radius 1 is 1.48 bits per heavy atom. The van der Waals surface area contributed by atoms with Crippen LogP contribution in [0.25, 0.3) is 0 Å². The molecule has 1 amide bonds. The van der Waals surface area contributed by atoms with E-state index in [0.717, 1.165) is 25.0 Å². The molecule has 0 aromatic heterocycles. The van der Waals surface area contributed by atoms with Gasteiger partial charge in [0.05, 0.1) is 6.54 Å². The number of carbonyl (C=O) groups excluding carboxylic acids is 1. The lowest BCUT2D eigenvalue weighted by Crippen LogP contribution is -2.39. The zero-order chi connectivity index (χ0) is 15.1. The van der Waals surface area contributed by atoms with Crippen LogP contribution in [-0.4, -0.2) is 42.9 Å². The number of aliphatic hydroxyl groups excluding tert-OH is 1. The van der Waals surface area contributed by atoms with Gasteiger partial charge in [0.1, 0.15) is 18.5 Å². The van der Waals surface area contributed by atoms with Crippen molar-refractivity contribution >= 4 is 5.91 Å². The standard InChI is InChI=1S/C16H24N2O3/c1-2-12-4-3-5-15(8-12)21-11-14(19)9-17-10-16(20)18-13-6-7-13/h3-5,8,13-14,17,19H,2,6-7,9-11H2,1H3,(H,18,20). The summed E-state index contributed by atoms with van der Waals surface area (Å²) >= 11 is 0. The lowest BCUT2D eigenvalue weighted by molar-refractivity contribution is -0.120. The number of benzene rings is 1. The molecule has 1 aromatic rings. The van der Waals surface area contributed by atoms with Gasteiger partial charge >= 0.3 is 0 Å². The summed E-state index contributed by atoms with van der Waals surface area (Å²) in [6.07, 6.45) is 2.49. The van der Waals surface area contributed by atoms with Crippen molar-refractivity contribution in [2.45, 2.75) is 38.3 Å².